The Kier molecular flexibility index (Phi) is 4.79. The fourth-order valence-corrected chi connectivity index (χ4v) is 1.79. The molecule has 2 heteroatoms. The molecule has 0 fully saturated rings. The van der Waals surface area contributed by atoms with E-state index in [1.54, 1.807) is 0 Å². The lowest BCUT2D eigenvalue weighted by Gasteiger charge is -2.28. The quantitative estimate of drug-likeness (QED) is 0.797. The van der Waals surface area contributed by atoms with Crippen LogP contribution in [0.15, 0.2) is 30.3 Å². The van der Waals surface area contributed by atoms with E-state index in [2.05, 4.69) is 17.0 Å². The maximum Gasteiger partial charge on any atom is 0.0695 e. The van der Waals surface area contributed by atoms with Gasteiger partial charge >= 0.3 is 0 Å². The van der Waals surface area contributed by atoms with Crippen LogP contribution >= 0.6 is 0 Å². The SMILES string of the molecule is CCC(O)C(Cc1ccccc1)N(C)C. The molecule has 0 aliphatic carbocycles. The van der Waals surface area contributed by atoms with Crippen LogP contribution in [-0.4, -0.2) is 36.2 Å². The van der Waals surface area contributed by atoms with Gasteiger partial charge in [-0.3, -0.25) is 0 Å². The molecule has 0 aliphatic rings. The van der Waals surface area contributed by atoms with E-state index in [0.717, 1.165) is 12.8 Å². The maximum atomic E-state index is 9.91. The third-order valence-corrected chi connectivity index (χ3v) is 2.81. The number of benzene rings is 1. The first kappa shape index (κ1) is 12.2. The van der Waals surface area contributed by atoms with E-state index in [4.69, 9.17) is 0 Å². The average molecular weight is 207 g/mol. The molecule has 1 rings (SSSR count). The van der Waals surface area contributed by atoms with E-state index in [9.17, 15) is 5.11 Å². The number of rotatable bonds is 5. The van der Waals surface area contributed by atoms with Gasteiger partial charge in [0.25, 0.3) is 0 Å². The van der Waals surface area contributed by atoms with E-state index in [0.29, 0.717) is 0 Å². The summed E-state index contributed by atoms with van der Waals surface area (Å²) in [6.07, 6.45) is 1.46. The zero-order valence-corrected chi connectivity index (χ0v) is 9.85. The zero-order chi connectivity index (χ0) is 11.3. The van der Waals surface area contributed by atoms with Crippen molar-refractivity contribution in [1.29, 1.82) is 0 Å². The summed E-state index contributed by atoms with van der Waals surface area (Å²) in [6.45, 7) is 2.02. The van der Waals surface area contributed by atoms with Gasteiger partial charge in [0, 0.05) is 6.04 Å². The molecule has 0 aliphatic heterocycles. The van der Waals surface area contributed by atoms with Gasteiger partial charge in [-0.2, -0.15) is 0 Å². The van der Waals surface area contributed by atoms with Crippen molar-refractivity contribution in [3.63, 3.8) is 0 Å². The Balaban J connectivity index is 2.67. The van der Waals surface area contributed by atoms with Crippen LogP contribution in [0.1, 0.15) is 18.9 Å². The Morgan fingerprint density at radius 1 is 1.20 bits per heavy atom. The molecule has 2 nitrogen and oxygen atoms in total. The van der Waals surface area contributed by atoms with Crippen LogP contribution in [0, 0.1) is 0 Å². The van der Waals surface area contributed by atoms with Crippen molar-refractivity contribution in [1.82, 2.24) is 4.90 Å². The predicted molar refractivity (Wildman–Crippen MR) is 63.9 cm³/mol. The Morgan fingerprint density at radius 2 is 1.80 bits per heavy atom. The normalized spacial score (nSPS) is 15.3. The number of nitrogens with zero attached hydrogens (tertiary/aromatic N) is 1. The minimum Gasteiger partial charge on any atom is -0.391 e. The van der Waals surface area contributed by atoms with E-state index < -0.39 is 0 Å². The summed E-state index contributed by atoms with van der Waals surface area (Å²) < 4.78 is 0. The van der Waals surface area contributed by atoms with Gasteiger partial charge in [0.05, 0.1) is 6.10 Å². The number of hydrogen-bond acceptors (Lipinski definition) is 2. The molecule has 0 spiro atoms. The van der Waals surface area contributed by atoms with E-state index in [1.807, 2.05) is 39.2 Å². The summed E-state index contributed by atoms with van der Waals surface area (Å²) in [4.78, 5) is 2.10. The van der Waals surface area contributed by atoms with E-state index in [-0.39, 0.29) is 12.1 Å². The van der Waals surface area contributed by atoms with E-state index in [1.165, 1.54) is 5.56 Å². The number of aliphatic hydroxyl groups is 1. The van der Waals surface area contributed by atoms with Gasteiger partial charge in [0.2, 0.25) is 0 Å². The number of hydrogen-bond donors (Lipinski definition) is 1. The van der Waals surface area contributed by atoms with Gasteiger partial charge in [-0.15, -0.1) is 0 Å². The van der Waals surface area contributed by atoms with Crippen molar-refractivity contribution in [2.24, 2.45) is 0 Å². The second kappa shape index (κ2) is 5.89. The second-order valence-electron chi connectivity index (χ2n) is 4.20. The fourth-order valence-electron chi connectivity index (χ4n) is 1.79. The highest BCUT2D eigenvalue weighted by atomic mass is 16.3. The topological polar surface area (TPSA) is 23.5 Å². The third kappa shape index (κ3) is 3.65. The van der Waals surface area contributed by atoms with Crippen LogP contribution < -0.4 is 0 Å². The summed E-state index contributed by atoms with van der Waals surface area (Å²) in [7, 11) is 4.04. The zero-order valence-electron chi connectivity index (χ0n) is 9.85. The highest BCUT2D eigenvalue weighted by molar-refractivity contribution is 5.16. The molecular weight excluding hydrogens is 186 g/mol. The molecule has 0 amide bonds. The first-order chi connectivity index (χ1) is 7.15. The van der Waals surface area contributed by atoms with Gasteiger partial charge in [-0.05, 0) is 32.5 Å². The summed E-state index contributed by atoms with van der Waals surface area (Å²) in [5.41, 5.74) is 1.28. The molecule has 15 heavy (non-hydrogen) atoms. The minimum atomic E-state index is -0.250. The van der Waals surface area contributed by atoms with Gasteiger partial charge in [-0.1, -0.05) is 37.3 Å². The van der Waals surface area contributed by atoms with Gasteiger partial charge in [0.15, 0.2) is 0 Å². The molecule has 0 saturated heterocycles. The summed E-state index contributed by atoms with van der Waals surface area (Å²) in [5, 5.41) is 9.91. The van der Waals surface area contributed by atoms with E-state index >= 15 is 0 Å². The molecule has 1 N–H and O–H groups in total. The Bertz CT molecular complexity index is 271. The molecule has 0 bridgehead atoms. The number of likely N-dealkylation sites (N-methyl/N-ethyl adjacent to an activating group) is 1. The molecule has 0 aromatic heterocycles. The molecule has 0 radical (unpaired) electrons. The second-order valence-corrected chi connectivity index (χ2v) is 4.20. The van der Waals surface area contributed by atoms with Crippen molar-refractivity contribution >= 4 is 0 Å². The minimum absolute atomic E-state index is 0.206. The first-order valence-electron chi connectivity index (χ1n) is 5.53. The fraction of sp³-hybridized carbons (Fsp3) is 0.538. The van der Waals surface area contributed by atoms with Crippen LogP contribution in [0.25, 0.3) is 0 Å². The lowest BCUT2D eigenvalue weighted by molar-refractivity contribution is 0.0730. The largest absolute Gasteiger partial charge is 0.391 e. The predicted octanol–water partition coefficient (Wildman–Crippen LogP) is 1.93. The Labute approximate surface area is 92.5 Å². The van der Waals surface area contributed by atoms with Crippen molar-refractivity contribution in [3.05, 3.63) is 35.9 Å². The van der Waals surface area contributed by atoms with Gasteiger partial charge in [0.1, 0.15) is 0 Å². The van der Waals surface area contributed by atoms with Crippen LogP contribution in [-0.2, 0) is 6.42 Å². The lowest BCUT2D eigenvalue weighted by Crippen LogP contribution is -2.40. The highest BCUT2D eigenvalue weighted by Crippen LogP contribution is 2.12. The first-order valence-corrected chi connectivity index (χ1v) is 5.53. The van der Waals surface area contributed by atoms with Crippen molar-refractivity contribution in [3.8, 4) is 0 Å². The highest BCUT2D eigenvalue weighted by Gasteiger charge is 2.19. The van der Waals surface area contributed by atoms with Crippen molar-refractivity contribution in [2.45, 2.75) is 31.9 Å². The summed E-state index contributed by atoms with van der Waals surface area (Å²) in [6, 6.07) is 10.5. The smallest absolute Gasteiger partial charge is 0.0695 e. The monoisotopic (exact) mass is 207 g/mol. The van der Waals surface area contributed by atoms with Crippen molar-refractivity contribution < 1.29 is 5.11 Å². The Morgan fingerprint density at radius 3 is 2.27 bits per heavy atom. The van der Waals surface area contributed by atoms with Crippen molar-refractivity contribution in [2.75, 3.05) is 14.1 Å². The molecular formula is C13H21NO. The molecule has 0 heterocycles. The molecule has 2 unspecified atom stereocenters. The van der Waals surface area contributed by atoms with Crippen LogP contribution in [0.2, 0.25) is 0 Å². The van der Waals surface area contributed by atoms with Crippen LogP contribution in [0.3, 0.4) is 0 Å². The third-order valence-electron chi connectivity index (χ3n) is 2.81. The standard InChI is InChI=1S/C13H21NO/c1-4-13(15)12(14(2)3)10-11-8-6-5-7-9-11/h5-9,12-13,15H,4,10H2,1-3H3. The number of aliphatic hydroxyl groups excluding tert-OH is 1. The van der Waals surface area contributed by atoms with Gasteiger partial charge < -0.3 is 10.0 Å². The lowest BCUT2D eigenvalue weighted by atomic mass is 9.99. The summed E-state index contributed by atoms with van der Waals surface area (Å²) >= 11 is 0. The average Bonchev–Trinajstić information content (AvgIpc) is 2.26. The van der Waals surface area contributed by atoms with Crippen LogP contribution in [0.5, 0.6) is 0 Å². The van der Waals surface area contributed by atoms with Crippen LogP contribution in [0.4, 0.5) is 0 Å². The molecule has 1 aromatic rings. The maximum absolute atomic E-state index is 9.91. The molecule has 1 aromatic carbocycles. The van der Waals surface area contributed by atoms with Gasteiger partial charge in [-0.25, -0.2) is 0 Å². The molecule has 84 valence electrons. The summed E-state index contributed by atoms with van der Waals surface area (Å²) in [5.74, 6) is 0. The Hall–Kier alpha value is -0.860. The molecule has 2 atom stereocenters. The molecule has 0 saturated carbocycles.